The molecule has 6 heteroatoms. The van der Waals surface area contributed by atoms with Gasteiger partial charge in [-0.05, 0) is 25.5 Å². The number of ether oxygens (including phenoxy) is 2. The quantitative estimate of drug-likeness (QED) is 0.724. The van der Waals surface area contributed by atoms with E-state index in [2.05, 4.69) is 5.32 Å². The zero-order chi connectivity index (χ0) is 15.7. The Hall–Kier alpha value is -2.24. The first kappa shape index (κ1) is 16.8. The van der Waals surface area contributed by atoms with Gasteiger partial charge in [-0.15, -0.1) is 0 Å². The van der Waals surface area contributed by atoms with Crippen LogP contribution in [0.5, 0.6) is 11.5 Å². The van der Waals surface area contributed by atoms with Crippen LogP contribution < -0.4 is 14.8 Å². The second-order valence-corrected chi connectivity index (χ2v) is 4.55. The molecule has 1 amide bonds. The van der Waals surface area contributed by atoms with E-state index in [0.29, 0.717) is 31.1 Å². The van der Waals surface area contributed by atoms with Crippen LogP contribution in [0.25, 0.3) is 0 Å². The number of aliphatic carboxylic acids is 1. The predicted molar refractivity (Wildman–Crippen MR) is 77.5 cm³/mol. The summed E-state index contributed by atoms with van der Waals surface area (Å²) in [5.74, 6) is -0.546. The third kappa shape index (κ3) is 6.16. The van der Waals surface area contributed by atoms with Gasteiger partial charge in [-0.3, -0.25) is 9.59 Å². The van der Waals surface area contributed by atoms with Crippen LogP contribution in [-0.4, -0.2) is 36.7 Å². The Kier molecular flexibility index (Phi) is 7.08. The highest BCUT2D eigenvalue weighted by atomic mass is 16.5. The van der Waals surface area contributed by atoms with Gasteiger partial charge in [-0.1, -0.05) is 19.1 Å². The largest absolute Gasteiger partial charge is 0.490 e. The van der Waals surface area contributed by atoms with Gasteiger partial charge in [0, 0.05) is 6.54 Å². The Balaban J connectivity index is 2.35. The van der Waals surface area contributed by atoms with E-state index in [1.807, 2.05) is 13.0 Å². The number of hydrogen-bond donors (Lipinski definition) is 2. The zero-order valence-electron chi connectivity index (χ0n) is 12.3. The molecule has 0 saturated carbocycles. The maximum atomic E-state index is 11.6. The molecule has 0 spiro atoms. The molecular weight excluding hydrogens is 274 g/mol. The van der Waals surface area contributed by atoms with Gasteiger partial charge in [0.25, 0.3) is 5.91 Å². The normalized spacial score (nSPS) is 11.5. The Labute approximate surface area is 124 Å². The number of carboxylic acids is 1. The first-order valence-corrected chi connectivity index (χ1v) is 6.88. The number of carbonyl (C=O) groups is 2. The molecule has 21 heavy (non-hydrogen) atoms. The van der Waals surface area contributed by atoms with Crippen LogP contribution in [0.3, 0.4) is 0 Å². The number of rotatable bonds is 9. The lowest BCUT2D eigenvalue weighted by molar-refractivity contribution is -0.141. The highest BCUT2D eigenvalue weighted by Crippen LogP contribution is 2.26. The van der Waals surface area contributed by atoms with E-state index in [1.165, 1.54) is 0 Å². The number of amides is 1. The summed E-state index contributed by atoms with van der Waals surface area (Å²) in [5, 5.41) is 11.4. The molecule has 0 fully saturated rings. The maximum Gasteiger partial charge on any atom is 0.306 e. The lowest BCUT2D eigenvalue weighted by Gasteiger charge is -2.12. The molecule has 1 unspecified atom stereocenters. The van der Waals surface area contributed by atoms with Crippen LogP contribution in [0.1, 0.15) is 20.3 Å². The van der Waals surface area contributed by atoms with Gasteiger partial charge >= 0.3 is 5.97 Å². The van der Waals surface area contributed by atoms with Crippen LogP contribution >= 0.6 is 0 Å². The number of para-hydroxylation sites is 2. The van der Waals surface area contributed by atoms with Gasteiger partial charge in [0.05, 0.1) is 12.5 Å². The molecule has 0 aromatic heterocycles. The van der Waals surface area contributed by atoms with Crippen LogP contribution in [0.15, 0.2) is 24.3 Å². The zero-order valence-corrected chi connectivity index (χ0v) is 12.3. The Bertz CT molecular complexity index is 475. The minimum atomic E-state index is -0.869. The molecule has 2 N–H and O–H groups in total. The topological polar surface area (TPSA) is 84.9 Å². The van der Waals surface area contributed by atoms with Crippen LogP contribution in [0, 0.1) is 5.92 Å². The molecule has 0 bridgehead atoms. The number of carboxylic acid groups (broad SMARTS) is 1. The molecule has 0 heterocycles. The Morgan fingerprint density at radius 1 is 1.24 bits per heavy atom. The third-order valence-corrected chi connectivity index (χ3v) is 2.83. The SMILES string of the molecule is CCOc1ccccc1OCC(=O)NCCC(C)C(=O)O. The third-order valence-electron chi connectivity index (χ3n) is 2.83. The van der Waals surface area contributed by atoms with Crippen molar-refractivity contribution < 1.29 is 24.2 Å². The Morgan fingerprint density at radius 3 is 2.43 bits per heavy atom. The maximum absolute atomic E-state index is 11.6. The molecular formula is C15H21NO5. The monoisotopic (exact) mass is 295 g/mol. The van der Waals surface area contributed by atoms with Crippen molar-refractivity contribution in [3.05, 3.63) is 24.3 Å². The van der Waals surface area contributed by atoms with Gasteiger partial charge < -0.3 is 19.9 Å². The second kappa shape index (κ2) is 8.84. The van der Waals surface area contributed by atoms with Crippen molar-refractivity contribution in [3.63, 3.8) is 0 Å². The molecule has 6 nitrogen and oxygen atoms in total. The number of carbonyl (C=O) groups excluding carboxylic acids is 1. The average molecular weight is 295 g/mol. The molecule has 1 aromatic carbocycles. The summed E-state index contributed by atoms with van der Waals surface area (Å²) in [7, 11) is 0. The van der Waals surface area contributed by atoms with E-state index < -0.39 is 11.9 Å². The lowest BCUT2D eigenvalue weighted by Crippen LogP contribution is -2.31. The van der Waals surface area contributed by atoms with Crippen molar-refractivity contribution in [2.45, 2.75) is 20.3 Å². The fourth-order valence-corrected chi connectivity index (χ4v) is 1.59. The summed E-state index contributed by atoms with van der Waals surface area (Å²) in [4.78, 5) is 22.2. The van der Waals surface area contributed by atoms with Gasteiger partial charge in [0.1, 0.15) is 0 Å². The van der Waals surface area contributed by atoms with E-state index in [1.54, 1.807) is 25.1 Å². The van der Waals surface area contributed by atoms with E-state index in [4.69, 9.17) is 14.6 Å². The molecule has 1 aromatic rings. The first-order valence-electron chi connectivity index (χ1n) is 6.88. The molecule has 0 radical (unpaired) electrons. The smallest absolute Gasteiger partial charge is 0.306 e. The predicted octanol–water partition coefficient (Wildman–Crippen LogP) is 1.69. The van der Waals surface area contributed by atoms with E-state index in [9.17, 15) is 9.59 Å². The van der Waals surface area contributed by atoms with Gasteiger partial charge in [-0.25, -0.2) is 0 Å². The van der Waals surface area contributed by atoms with Crippen LogP contribution in [-0.2, 0) is 9.59 Å². The van der Waals surface area contributed by atoms with Crippen molar-refractivity contribution >= 4 is 11.9 Å². The molecule has 0 aliphatic rings. The molecule has 116 valence electrons. The highest BCUT2D eigenvalue weighted by molar-refractivity contribution is 5.77. The molecule has 0 aliphatic carbocycles. The van der Waals surface area contributed by atoms with Crippen molar-refractivity contribution in [1.82, 2.24) is 5.32 Å². The Morgan fingerprint density at radius 2 is 1.86 bits per heavy atom. The molecule has 0 aliphatic heterocycles. The summed E-state index contributed by atoms with van der Waals surface area (Å²) in [6.45, 7) is 4.16. The van der Waals surface area contributed by atoms with E-state index in [0.717, 1.165) is 0 Å². The number of hydrogen-bond acceptors (Lipinski definition) is 4. The minimum Gasteiger partial charge on any atom is -0.490 e. The van der Waals surface area contributed by atoms with Crippen molar-refractivity contribution in [3.8, 4) is 11.5 Å². The summed E-state index contributed by atoms with van der Waals surface area (Å²) in [6.07, 6.45) is 0.386. The number of nitrogens with one attached hydrogen (secondary N) is 1. The van der Waals surface area contributed by atoms with Gasteiger partial charge in [0.15, 0.2) is 18.1 Å². The summed E-state index contributed by atoms with van der Waals surface area (Å²) in [6, 6.07) is 7.12. The van der Waals surface area contributed by atoms with E-state index >= 15 is 0 Å². The van der Waals surface area contributed by atoms with Crippen molar-refractivity contribution in [1.29, 1.82) is 0 Å². The standard InChI is InChI=1S/C15H21NO5/c1-3-20-12-6-4-5-7-13(12)21-10-14(17)16-9-8-11(2)15(18)19/h4-7,11H,3,8-10H2,1-2H3,(H,16,17)(H,18,19). The van der Waals surface area contributed by atoms with Crippen LogP contribution in [0.4, 0.5) is 0 Å². The van der Waals surface area contributed by atoms with Crippen molar-refractivity contribution in [2.75, 3.05) is 19.8 Å². The second-order valence-electron chi connectivity index (χ2n) is 4.55. The van der Waals surface area contributed by atoms with Gasteiger partial charge in [0.2, 0.25) is 0 Å². The fraction of sp³-hybridized carbons (Fsp3) is 0.467. The number of benzene rings is 1. The average Bonchev–Trinajstić information content (AvgIpc) is 2.46. The fourth-order valence-electron chi connectivity index (χ4n) is 1.59. The molecule has 1 rings (SSSR count). The molecule has 1 atom stereocenters. The highest BCUT2D eigenvalue weighted by Gasteiger charge is 2.11. The van der Waals surface area contributed by atoms with E-state index in [-0.39, 0.29) is 12.5 Å². The van der Waals surface area contributed by atoms with Gasteiger partial charge in [-0.2, -0.15) is 0 Å². The van der Waals surface area contributed by atoms with Crippen LogP contribution in [0.2, 0.25) is 0 Å². The summed E-state index contributed by atoms with van der Waals surface area (Å²) < 4.78 is 10.8. The molecule has 0 saturated heterocycles. The summed E-state index contributed by atoms with van der Waals surface area (Å²) >= 11 is 0. The van der Waals surface area contributed by atoms with Crippen molar-refractivity contribution in [2.24, 2.45) is 5.92 Å². The minimum absolute atomic E-state index is 0.133. The first-order chi connectivity index (χ1) is 10.0. The summed E-state index contributed by atoms with van der Waals surface area (Å²) in [5.41, 5.74) is 0. The lowest BCUT2D eigenvalue weighted by atomic mass is 10.1.